The first-order valence-electron chi connectivity index (χ1n) is 8.43. The van der Waals surface area contributed by atoms with Crippen molar-refractivity contribution < 1.29 is 9.47 Å². The predicted molar refractivity (Wildman–Crippen MR) is 85.7 cm³/mol. The molecule has 0 aromatic carbocycles. The van der Waals surface area contributed by atoms with Crippen LogP contribution in [0.2, 0.25) is 0 Å². The first kappa shape index (κ1) is 16.6. The van der Waals surface area contributed by atoms with Crippen LogP contribution < -0.4 is 5.32 Å². The number of hydrogen-bond acceptors (Lipinski definition) is 3. The molecule has 122 valence electrons. The molecule has 21 heavy (non-hydrogen) atoms. The maximum Gasteiger partial charge on any atom is 0.193 e. The van der Waals surface area contributed by atoms with E-state index in [1.54, 1.807) is 7.11 Å². The molecule has 1 N–H and O–H groups in total. The Morgan fingerprint density at radius 3 is 2.81 bits per heavy atom. The summed E-state index contributed by atoms with van der Waals surface area (Å²) in [4.78, 5) is 7.09. The van der Waals surface area contributed by atoms with Crippen LogP contribution in [0.4, 0.5) is 0 Å². The molecule has 2 aliphatic rings. The van der Waals surface area contributed by atoms with Gasteiger partial charge in [0.1, 0.15) is 0 Å². The van der Waals surface area contributed by atoms with E-state index in [0.717, 1.165) is 64.3 Å². The van der Waals surface area contributed by atoms with Crippen molar-refractivity contribution in [2.75, 3.05) is 53.1 Å². The fourth-order valence-corrected chi connectivity index (χ4v) is 2.71. The molecular weight excluding hydrogens is 266 g/mol. The zero-order valence-electron chi connectivity index (χ0n) is 13.6. The second-order valence-electron chi connectivity index (χ2n) is 6.16. The molecule has 1 saturated carbocycles. The highest BCUT2D eigenvalue weighted by atomic mass is 16.5. The van der Waals surface area contributed by atoms with E-state index in [1.807, 2.05) is 0 Å². The molecule has 2 rings (SSSR count). The summed E-state index contributed by atoms with van der Waals surface area (Å²) in [5.74, 6) is 2.55. The third kappa shape index (κ3) is 6.22. The van der Waals surface area contributed by atoms with Gasteiger partial charge < -0.3 is 19.7 Å². The van der Waals surface area contributed by atoms with Gasteiger partial charge in [-0.2, -0.15) is 0 Å². The van der Waals surface area contributed by atoms with Gasteiger partial charge in [0.25, 0.3) is 0 Å². The van der Waals surface area contributed by atoms with Crippen molar-refractivity contribution in [1.82, 2.24) is 10.2 Å². The van der Waals surface area contributed by atoms with Gasteiger partial charge in [-0.15, -0.1) is 0 Å². The summed E-state index contributed by atoms with van der Waals surface area (Å²) in [6, 6.07) is 0. The number of likely N-dealkylation sites (tertiary alicyclic amines) is 1. The Morgan fingerprint density at radius 2 is 2.10 bits per heavy atom. The topological polar surface area (TPSA) is 46.1 Å². The summed E-state index contributed by atoms with van der Waals surface area (Å²) in [5, 5.41) is 3.40. The number of hydrogen-bond donors (Lipinski definition) is 1. The molecule has 1 aliphatic heterocycles. The van der Waals surface area contributed by atoms with Gasteiger partial charge in [-0.25, -0.2) is 0 Å². The minimum atomic E-state index is 0.640. The summed E-state index contributed by atoms with van der Waals surface area (Å²) in [6.07, 6.45) is 4.93. The molecule has 1 unspecified atom stereocenters. The summed E-state index contributed by atoms with van der Waals surface area (Å²) in [5.41, 5.74) is 0. The lowest BCUT2D eigenvalue weighted by Gasteiger charge is -2.21. The van der Waals surface area contributed by atoms with Crippen LogP contribution in [0.25, 0.3) is 0 Å². The molecule has 1 heterocycles. The van der Waals surface area contributed by atoms with Crippen molar-refractivity contribution in [1.29, 1.82) is 0 Å². The molecule has 0 bridgehead atoms. The third-order valence-electron chi connectivity index (χ3n) is 4.08. The van der Waals surface area contributed by atoms with Gasteiger partial charge in [0.05, 0.1) is 6.61 Å². The van der Waals surface area contributed by atoms with Crippen LogP contribution in [0.5, 0.6) is 0 Å². The Balaban J connectivity index is 1.65. The largest absolute Gasteiger partial charge is 0.384 e. The van der Waals surface area contributed by atoms with Gasteiger partial charge in [-0.05, 0) is 38.5 Å². The van der Waals surface area contributed by atoms with Crippen molar-refractivity contribution in [3.63, 3.8) is 0 Å². The number of guanidine groups is 1. The monoisotopic (exact) mass is 297 g/mol. The van der Waals surface area contributed by atoms with Gasteiger partial charge in [-0.3, -0.25) is 4.99 Å². The maximum absolute atomic E-state index is 5.65. The second kappa shape index (κ2) is 9.26. The van der Waals surface area contributed by atoms with E-state index >= 15 is 0 Å². The average molecular weight is 297 g/mol. The number of aliphatic imine (C=N–C) groups is 1. The van der Waals surface area contributed by atoms with Gasteiger partial charge >= 0.3 is 0 Å². The minimum Gasteiger partial charge on any atom is -0.384 e. The molecule has 0 radical (unpaired) electrons. The van der Waals surface area contributed by atoms with Crippen LogP contribution in [0, 0.1) is 11.8 Å². The Hall–Kier alpha value is -0.810. The van der Waals surface area contributed by atoms with Gasteiger partial charge in [0.2, 0.25) is 0 Å². The average Bonchev–Trinajstić information content (AvgIpc) is 3.19. The first-order chi connectivity index (χ1) is 10.3. The number of ether oxygens (including phenoxy) is 2. The van der Waals surface area contributed by atoms with E-state index in [0.29, 0.717) is 5.92 Å². The van der Waals surface area contributed by atoms with Crippen LogP contribution in [0.1, 0.15) is 32.6 Å². The normalized spacial score (nSPS) is 22.9. The Kier molecular flexibility index (Phi) is 7.30. The molecule has 0 aromatic heterocycles. The molecule has 0 aromatic rings. The highest BCUT2D eigenvalue weighted by Gasteiger charge is 2.24. The van der Waals surface area contributed by atoms with E-state index in [9.17, 15) is 0 Å². The lowest BCUT2D eigenvalue weighted by Crippen LogP contribution is -2.40. The van der Waals surface area contributed by atoms with E-state index in [4.69, 9.17) is 14.5 Å². The fourth-order valence-electron chi connectivity index (χ4n) is 2.71. The van der Waals surface area contributed by atoms with Crippen molar-refractivity contribution >= 4 is 5.96 Å². The predicted octanol–water partition coefficient (Wildman–Crippen LogP) is 1.74. The SMILES string of the molecule is CCNC(=NCCCOCC1CC1)N1CCC(COC)C1. The Bertz CT molecular complexity index is 319. The number of methoxy groups -OCH3 is 1. The molecule has 1 atom stereocenters. The van der Waals surface area contributed by atoms with E-state index < -0.39 is 0 Å². The quantitative estimate of drug-likeness (QED) is 0.400. The molecule has 5 heteroatoms. The molecule has 0 spiro atoms. The zero-order chi connectivity index (χ0) is 14.9. The molecule has 1 saturated heterocycles. The Morgan fingerprint density at radius 1 is 1.24 bits per heavy atom. The van der Waals surface area contributed by atoms with Crippen molar-refractivity contribution in [2.24, 2.45) is 16.8 Å². The van der Waals surface area contributed by atoms with Gasteiger partial charge in [0, 0.05) is 52.4 Å². The standard InChI is InChI=1S/C16H31N3O2/c1-3-17-16(19-9-7-15(11-19)12-20-2)18-8-4-10-21-13-14-5-6-14/h14-15H,3-13H2,1-2H3,(H,17,18). The molecule has 5 nitrogen and oxygen atoms in total. The van der Waals surface area contributed by atoms with Crippen LogP contribution in [0.3, 0.4) is 0 Å². The molecular formula is C16H31N3O2. The summed E-state index contributed by atoms with van der Waals surface area (Å²) in [6.45, 7) is 8.67. The first-order valence-corrected chi connectivity index (χ1v) is 8.43. The van der Waals surface area contributed by atoms with Crippen LogP contribution >= 0.6 is 0 Å². The fraction of sp³-hybridized carbons (Fsp3) is 0.938. The van der Waals surface area contributed by atoms with Crippen molar-refractivity contribution in [2.45, 2.75) is 32.6 Å². The van der Waals surface area contributed by atoms with Gasteiger partial charge in [0.15, 0.2) is 5.96 Å². The molecule has 0 amide bonds. The van der Waals surface area contributed by atoms with Gasteiger partial charge in [-0.1, -0.05) is 0 Å². The summed E-state index contributed by atoms with van der Waals surface area (Å²) >= 11 is 0. The maximum atomic E-state index is 5.65. The van der Waals surface area contributed by atoms with Crippen LogP contribution in [-0.4, -0.2) is 64.0 Å². The van der Waals surface area contributed by atoms with E-state index in [1.165, 1.54) is 19.3 Å². The number of nitrogens with one attached hydrogen (secondary N) is 1. The molecule has 2 fully saturated rings. The lowest BCUT2D eigenvalue weighted by molar-refractivity contribution is 0.123. The second-order valence-corrected chi connectivity index (χ2v) is 6.16. The minimum absolute atomic E-state index is 0.640. The van der Waals surface area contributed by atoms with E-state index in [2.05, 4.69) is 17.1 Å². The smallest absolute Gasteiger partial charge is 0.193 e. The Labute approximate surface area is 129 Å². The highest BCUT2D eigenvalue weighted by Crippen LogP contribution is 2.28. The summed E-state index contributed by atoms with van der Waals surface area (Å²) < 4.78 is 10.9. The third-order valence-corrected chi connectivity index (χ3v) is 4.08. The summed E-state index contributed by atoms with van der Waals surface area (Å²) in [7, 11) is 1.78. The van der Waals surface area contributed by atoms with Crippen molar-refractivity contribution in [3.8, 4) is 0 Å². The highest BCUT2D eigenvalue weighted by molar-refractivity contribution is 5.80. The van der Waals surface area contributed by atoms with Crippen LogP contribution in [-0.2, 0) is 9.47 Å². The van der Waals surface area contributed by atoms with Crippen LogP contribution in [0.15, 0.2) is 4.99 Å². The number of rotatable bonds is 9. The zero-order valence-corrected chi connectivity index (χ0v) is 13.6. The van der Waals surface area contributed by atoms with Crippen molar-refractivity contribution in [3.05, 3.63) is 0 Å². The lowest BCUT2D eigenvalue weighted by atomic mass is 10.1. The number of nitrogens with zero attached hydrogens (tertiary/aromatic N) is 2. The molecule has 1 aliphatic carbocycles. The van der Waals surface area contributed by atoms with E-state index in [-0.39, 0.29) is 0 Å².